The van der Waals surface area contributed by atoms with Crippen LogP contribution in [0.1, 0.15) is 42.7 Å². The summed E-state index contributed by atoms with van der Waals surface area (Å²) in [7, 11) is 0. The van der Waals surface area contributed by atoms with Gasteiger partial charge in [-0.15, -0.1) is 0 Å². The highest BCUT2D eigenvalue weighted by molar-refractivity contribution is 5.92. The van der Waals surface area contributed by atoms with Gasteiger partial charge in [-0.05, 0) is 51.3 Å². The van der Waals surface area contributed by atoms with E-state index in [1.807, 2.05) is 13.0 Å². The van der Waals surface area contributed by atoms with Gasteiger partial charge in [0, 0.05) is 19.6 Å². The molecule has 0 bridgehead atoms. The maximum atomic E-state index is 13.2. The van der Waals surface area contributed by atoms with E-state index in [9.17, 15) is 19.2 Å². The first-order chi connectivity index (χ1) is 14.4. The molecule has 9 heteroatoms. The van der Waals surface area contributed by atoms with Gasteiger partial charge in [0.25, 0.3) is 11.5 Å². The van der Waals surface area contributed by atoms with Crippen molar-refractivity contribution in [2.24, 2.45) is 5.92 Å². The van der Waals surface area contributed by atoms with Gasteiger partial charge in [-0.25, -0.2) is 4.79 Å². The van der Waals surface area contributed by atoms with Gasteiger partial charge in [-0.1, -0.05) is 12.1 Å². The zero-order valence-electron chi connectivity index (χ0n) is 17.5. The molecule has 1 atom stereocenters. The van der Waals surface area contributed by atoms with Gasteiger partial charge < -0.3 is 9.64 Å². The number of rotatable bonds is 5. The second-order valence-corrected chi connectivity index (χ2v) is 7.27. The lowest BCUT2D eigenvalue weighted by molar-refractivity contribution is -0.149. The van der Waals surface area contributed by atoms with Gasteiger partial charge in [0.15, 0.2) is 0 Å². The summed E-state index contributed by atoms with van der Waals surface area (Å²) in [5.41, 5.74) is -0.277. The summed E-state index contributed by atoms with van der Waals surface area (Å²) in [6, 6.07) is 7.10. The zero-order valence-corrected chi connectivity index (χ0v) is 17.5. The summed E-state index contributed by atoms with van der Waals surface area (Å²) >= 11 is 0. The molecule has 2 heterocycles. The van der Waals surface area contributed by atoms with Crippen LogP contribution in [-0.4, -0.2) is 50.8 Å². The second-order valence-electron chi connectivity index (χ2n) is 7.27. The highest BCUT2D eigenvalue weighted by Crippen LogP contribution is 2.19. The van der Waals surface area contributed by atoms with Crippen LogP contribution in [0.2, 0.25) is 0 Å². The molecule has 1 aliphatic rings. The Morgan fingerprint density at radius 1 is 1.23 bits per heavy atom. The number of ether oxygens (including phenoxy) is 1. The average Bonchev–Trinajstić information content (AvgIpc) is 2.74. The number of esters is 1. The molecule has 30 heavy (non-hydrogen) atoms. The minimum atomic E-state index is -0.727. The third kappa shape index (κ3) is 4.19. The minimum Gasteiger partial charge on any atom is -0.466 e. The molecular weight excluding hydrogens is 388 g/mol. The van der Waals surface area contributed by atoms with Crippen LogP contribution in [0.5, 0.6) is 0 Å². The fourth-order valence-electron chi connectivity index (χ4n) is 3.62. The third-order valence-corrected chi connectivity index (χ3v) is 5.15. The highest BCUT2D eigenvalue weighted by Gasteiger charge is 2.32. The highest BCUT2D eigenvalue weighted by atomic mass is 16.5. The molecule has 0 aliphatic carbocycles. The van der Waals surface area contributed by atoms with Crippen LogP contribution < -0.4 is 11.2 Å². The lowest BCUT2D eigenvalue weighted by Gasteiger charge is -2.31. The maximum Gasteiger partial charge on any atom is 0.352 e. The molecule has 1 aromatic carbocycles. The van der Waals surface area contributed by atoms with Gasteiger partial charge in [0.1, 0.15) is 0 Å². The normalized spacial score (nSPS) is 16.4. The fraction of sp³-hybridized carbons (Fsp3) is 0.476. The van der Waals surface area contributed by atoms with Crippen LogP contribution in [0.3, 0.4) is 0 Å². The minimum absolute atomic E-state index is 0.109. The first-order valence-corrected chi connectivity index (χ1v) is 10.1. The molecule has 0 saturated carbocycles. The van der Waals surface area contributed by atoms with E-state index in [2.05, 4.69) is 5.10 Å². The fourth-order valence-corrected chi connectivity index (χ4v) is 3.62. The molecule has 9 nitrogen and oxygen atoms in total. The number of carbonyl (C=O) groups excluding carboxylic acids is 2. The van der Waals surface area contributed by atoms with Crippen LogP contribution in [0, 0.1) is 12.8 Å². The number of hydrogen-bond donors (Lipinski definition) is 0. The molecule has 1 saturated heterocycles. The van der Waals surface area contributed by atoms with E-state index in [1.54, 1.807) is 32.0 Å². The largest absolute Gasteiger partial charge is 0.466 e. The molecule has 0 spiro atoms. The Hall–Kier alpha value is -3.23. The maximum absolute atomic E-state index is 13.2. The molecule has 2 aromatic rings. The molecular formula is C21H26N4O5. The quantitative estimate of drug-likeness (QED) is 0.680. The van der Waals surface area contributed by atoms with Crippen molar-refractivity contribution in [2.45, 2.75) is 40.2 Å². The Labute approximate surface area is 173 Å². The van der Waals surface area contributed by atoms with Gasteiger partial charge in [0.2, 0.25) is 5.69 Å². The van der Waals surface area contributed by atoms with Crippen LogP contribution >= 0.6 is 0 Å². The number of hydrogen-bond acceptors (Lipinski definition) is 6. The number of piperidine rings is 1. The molecule has 0 N–H and O–H groups in total. The zero-order chi connectivity index (χ0) is 21.8. The van der Waals surface area contributed by atoms with Crippen molar-refractivity contribution in [2.75, 3.05) is 19.7 Å². The molecule has 3 rings (SSSR count). The van der Waals surface area contributed by atoms with Gasteiger partial charge >= 0.3 is 11.7 Å². The summed E-state index contributed by atoms with van der Waals surface area (Å²) in [6.07, 6.45) is 1.24. The van der Waals surface area contributed by atoms with Crippen molar-refractivity contribution in [3.8, 4) is 5.69 Å². The van der Waals surface area contributed by atoms with Crippen molar-refractivity contribution in [3.05, 3.63) is 56.4 Å². The van der Waals surface area contributed by atoms with E-state index in [4.69, 9.17) is 4.74 Å². The number of aromatic nitrogens is 3. The number of amides is 1. The summed E-state index contributed by atoms with van der Waals surface area (Å²) < 4.78 is 7.15. The number of carbonyl (C=O) groups is 2. The number of aryl methyl sites for hydroxylation is 1. The average molecular weight is 414 g/mol. The summed E-state index contributed by atoms with van der Waals surface area (Å²) in [5, 5.41) is 4.14. The SMILES string of the molecule is CCOC(=O)[C@H]1CCCN(C(=O)c2nn(-c3cccc(C)c3)c(=O)n(CC)c2=O)C1. The van der Waals surface area contributed by atoms with Crippen LogP contribution in [-0.2, 0) is 16.1 Å². The van der Waals surface area contributed by atoms with Gasteiger partial charge in [-0.2, -0.15) is 9.78 Å². The second kappa shape index (κ2) is 9.06. The van der Waals surface area contributed by atoms with Crippen LogP contribution in [0.15, 0.2) is 33.9 Å². The Balaban J connectivity index is 2.02. The van der Waals surface area contributed by atoms with Gasteiger partial charge in [0.05, 0.1) is 18.2 Å². The van der Waals surface area contributed by atoms with Crippen molar-refractivity contribution in [3.63, 3.8) is 0 Å². The lowest BCUT2D eigenvalue weighted by Crippen LogP contribution is -2.49. The number of likely N-dealkylation sites (tertiary alicyclic amines) is 1. The Morgan fingerprint density at radius 2 is 2.00 bits per heavy atom. The van der Waals surface area contributed by atoms with Crippen molar-refractivity contribution in [1.29, 1.82) is 0 Å². The predicted molar refractivity (Wildman–Crippen MR) is 110 cm³/mol. The lowest BCUT2D eigenvalue weighted by atomic mass is 9.98. The van der Waals surface area contributed by atoms with Crippen molar-refractivity contribution in [1.82, 2.24) is 19.2 Å². The van der Waals surface area contributed by atoms with E-state index in [0.717, 1.165) is 14.8 Å². The van der Waals surface area contributed by atoms with Crippen LogP contribution in [0.4, 0.5) is 0 Å². The summed E-state index contributed by atoms with van der Waals surface area (Å²) in [6.45, 7) is 6.22. The van der Waals surface area contributed by atoms with Crippen LogP contribution in [0.25, 0.3) is 5.69 Å². The molecule has 0 unspecified atom stereocenters. The first kappa shape index (κ1) is 21.5. The van der Waals surface area contributed by atoms with E-state index >= 15 is 0 Å². The molecule has 1 aliphatic heterocycles. The number of benzene rings is 1. The van der Waals surface area contributed by atoms with E-state index < -0.39 is 23.1 Å². The van der Waals surface area contributed by atoms with E-state index in [1.165, 1.54) is 4.90 Å². The Morgan fingerprint density at radius 3 is 2.67 bits per heavy atom. The standard InChI is InChI=1S/C21H26N4O5/c1-4-24-19(27)17(22-25(21(24)29)16-10-6-8-14(3)12-16)18(26)23-11-7-9-15(13-23)20(28)30-5-2/h6,8,10,12,15H,4-5,7,9,11,13H2,1-3H3/t15-/m0/s1. The molecule has 1 aromatic heterocycles. The summed E-state index contributed by atoms with van der Waals surface area (Å²) in [4.78, 5) is 52.3. The third-order valence-electron chi connectivity index (χ3n) is 5.15. The van der Waals surface area contributed by atoms with E-state index in [-0.39, 0.29) is 31.4 Å². The topological polar surface area (TPSA) is 104 Å². The predicted octanol–water partition coefficient (Wildman–Crippen LogP) is 1.14. The van der Waals surface area contributed by atoms with Gasteiger partial charge in [-0.3, -0.25) is 19.0 Å². The molecule has 1 fully saturated rings. The summed E-state index contributed by atoms with van der Waals surface area (Å²) in [5.74, 6) is -1.37. The Bertz CT molecular complexity index is 1070. The van der Waals surface area contributed by atoms with Crippen molar-refractivity contribution < 1.29 is 14.3 Å². The first-order valence-electron chi connectivity index (χ1n) is 10.1. The number of nitrogens with zero attached hydrogens (tertiary/aromatic N) is 4. The van der Waals surface area contributed by atoms with Crippen molar-refractivity contribution >= 4 is 11.9 Å². The Kier molecular flexibility index (Phi) is 6.49. The molecule has 1 amide bonds. The smallest absolute Gasteiger partial charge is 0.352 e. The molecule has 160 valence electrons. The van der Waals surface area contributed by atoms with E-state index in [0.29, 0.717) is 25.1 Å². The monoisotopic (exact) mass is 414 g/mol. The molecule has 0 radical (unpaired) electrons.